The molecule has 25 heavy (non-hydrogen) atoms. The molecule has 1 atom stereocenters. The number of halogens is 2. The summed E-state index contributed by atoms with van der Waals surface area (Å²) in [5.41, 5.74) is 1.54. The second kappa shape index (κ2) is 8.79. The zero-order valence-electron chi connectivity index (χ0n) is 14.2. The summed E-state index contributed by atoms with van der Waals surface area (Å²) in [4.78, 5) is 12.2. The average Bonchev–Trinajstić information content (AvgIpc) is 2.60. The van der Waals surface area contributed by atoms with Crippen LogP contribution in [0, 0.1) is 0 Å². The van der Waals surface area contributed by atoms with E-state index >= 15 is 0 Å². The van der Waals surface area contributed by atoms with Gasteiger partial charge in [-0.05, 0) is 48.9 Å². The van der Waals surface area contributed by atoms with Crippen LogP contribution in [0.1, 0.15) is 24.1 Å². The van der Waals surface area contributed by atoms with Crippen molar-refractivity contribution in [1.29, 1.82) is 0 Å². The van der Waals surface area contributed by atoms with Gasteiger partial charge in [0, 0.05) is 21.7 Å². The summed E-state index contributed by atoms with van der Waals surface area (Å²) in [7, 11) is 3.18. The van der Waals surface area contributed by atoms with Crippen molar-refractivity contribution in [1.82, 2.24) is 5.32 Å². The first kappa shape index (κ1) is 19.2. The van der Waals surface area contributed by atoms with Gasteiger partial charge in [-0.25, -0.2) is 0 Å². The first-order valence-electron chi connectivity index (χ1n) is 7.60. The van der Waals surface area contributed by atoms with Gasteiger partial charge in [0.05, 0.1) is 20.3 Å². The van der Waals surface area contributed by atoms with E-state index in [0.717, 1.165) is 5.56 Å². The third-order valence-corrected chi connectivity index (χ3v) is 4.20. The van der Waals surface area contributed by atoms with E-state index in [9.17, 15) is 4.79 Å². The first-order valence-corrected chi connectivity index (χ1v) is 8.35. The number of benzene rings is 2. The number of ether oxygens (including phenoxy) is 2. The van der Waals surface area contributed by atoms with Gasteiger partial charge in [-0.3, -0.25) is 4.79 Å². The molecular weight excluding hydrogens is 361 g/mol. The molecule has 2 aromatic carbocycles. The molecule has 6 heteroatoms. The topological polar surface area (TPSA) is 47.6 Å². The van der Waals surface area contributed by atoms with Crippen molar-refractivity contribution >= 4 is 35.2 Å². The van der Waals surface area contributed by atoms with Crippen molar-refractivity contribution in [3.05, 3.63) is 63.6 Å². The maximum atomic E-state index is 12.2. The Hall–Kier alpha value is -2.17. The van der Waals surface area contributed by atoms with Gasteiger partial charge in [0.15, 0.2) is 0 Å². The van der Waals surface area contributed by atoms with Crippen LogP contribution in [0.5, 0.6) is 11.5 Å². The zero-order chi connectivity index (χ0) is 18.4. The lowest BCUT2D eigenvalue weighted by atomic mass is 10.1. The van der Waals surface area contributed by atoms with E-state index in [1.54, 1.807) is 50.6 Å². The van der Waals surface area contributed by atoms with Crippen molar-refractivity contribution in [3.8, 4) is 11.5 Å². The molecule has 2 aromatic rings. The fourth-order valence-corrected chi connectivity index (χ4v) is 2.79. The second-order valence-corrected chi connectivity index (χ2v) is 6.18. The highest BCUT2D eigenvalue weighted by Crippen LogP contribution is 2.29. The smallest absolute Gasteiger partial charge is 0.244 e. The molecule has 0 saturated carbocycles. The summed E-state index contributed by atoms with van der Waals surface area (Å²) in [5.74, 6) is 1.13. The number of hydrogen-bond donors (Lipinski definition) is 1. The number of carbonyl (C=O) groups is 1. The maximum absolute atomic E-state index is 12.2. The van der Waals surface area contributed by atoms with Crippen LogP contribution in [0.15, 0.2) is 42.5 Å². The molecule has 0 radical (unpaired) electrons. The van der Waals surface area contributed by atoms with E-state index < -0.39 is 0 Å². The molecule has 1 unspecified atom stereocenters. The van der Waals surface area contributed by atoms with E-state index in [1.807, 2.05) is 13.0 Å². The minimum Gasteiger partial charge on any atom is -0.497 e. The highest BCUT2D eigenvalue weighted by molar-refractivity contribution is 6.35. The minimum atomic E-state index is -0.261. The third-order valence-electron chi connectivity index (χ3n) is 3.64. The Kier molecular flexibility index (Phi) is 6.73. The Morgan fingerprint density at radius 1 is 1.12 bits per heavy atom. The molecule has 2 rings (SSSR count). The molecule has 132 valence electrons. The van der Waals surface area contributed by atoms with E-state index in [0.29, 0.717) is 27.1 Å². The van der Waals surface area contributed by atoms with Crippen LogP contribution in [0.4, 0.5) is 0 Å². The first-order chi connectivity index (χ1) is 11.9. The Morgan fingerprint density at radius 3 is 2.52 bits per heavy atom. The summed E-state index contributed by atoms with van der Waals surface area (Å²) in [6, 6.07) is 10.3. The van der Waals surface area contributed by atoms with E-state index in [2.05, 4.69) is 5.32 Å². The monoisotopic (exact) mass is 379 g/mol. The molecule has 1 amide bonds. The van der Waals surface area contributed by atoms with Crippen molar-refractivity contribution in [2.24, 2.45) is 0 Å². The van der Waals surface area contributed by atoms with Crippen LogP contribution in [-0.4, -0.2) is 20.1 Å². The Labute approximate surface area is 157 Å². The lowest BCUT2D eigenvalue weighted by Crippen LogP contribution is -2.25. The summed E-state index contributed by atoms with van der Waals surface area (Å²) in [6.07, 6.45) is 3.07. The number of hydrogen-bond acceptors (Lipinski definition) is 3. The van der Waals surface area contributed by atoms with Crippen molar-refractivity contribution in [2.75, 3.05) is 14.2 Å². The zero-order valence-corrected chi connectivity index (χ0v) is 15.7. The summed E-state index contributed by atoms with van der Waals surface area (Å²) in [6.45, 7) is 1.87. The van der Waals surface area contributed by atoms with Crippen LogP contribution in [0.3, 0.4) is 0 Å². The van der Waals surface area contributed by atoms with Crippen LogP contribution >= 0.6 is 23.2 Å². The van der Waals surface area contributed by atoms with Crippen LogP contribution in [0.2, 0.25) is 10.0 Å². The van der Waals surface area contributed by atoms with Crippen LogP contribution < -0.4 is 14.8 Å². The largest absolute Gasteiger partial charge is 0.497 e. The summed E-state index contributed by atoms with van der Waals surface area (Å²) < 4.78 is 10.6. The molecule has 4 nitrogen and oxygen atoms in total. The number of carbonyl (C=O) groups excluding carboxylic acids is 1. The fourth-order valence-electron chi connectivity index (χ4n) is 2.32. The molecule has 0 heterocycles. The normalized spacial score (nSPS) is 12.0. The SMILES string of the molecule is COc1ccc(OC)c(C(C)NC(=O)/C=C/c2ccc(Cl)cc2Cl)c1. The van der Waals surface area contributed by atoms with Gasteiger partial charge in [0.1, 0.15) is 11.5 Å². The number of amides is 1. The summed E-state index contributed by atoms with van der Waals surface area (Å²) >= 11 is 11.9. The quantitative estimate of drug-likeness (QED) is 0.725. The predicted octanol–water partition coefficient (Wildman–Crippen LogP) is 4.90. The minimum absolute atomic E-state index is 0.247. The number of nitrogens with one attached hydrogen (secondary N) is 1. The van der Waals surface area contributed by atoms with Gasteiger partial charge in [0.2, 0.25) is 5.91 Å². The molecule has 0 aliphatic carbocycles. The number of rotatable bonds is 6. The Balaban J connectivity index is 2.11. The van der Waals surface area contributed by atoms with Gasteiger partial charge >= 0.3 is 0 Å². The molecular formula is C19H19Cl2NO3. The van der Waals surface area contributed by atoms with Crippen LogP contribution in [-0.2, 0) is 4.79 Å². The molecule has 0 aliphatic rings. The lowest BCUT2D eigenvalue weighted by Gasteiger charge is -2.17. The Morgan fingerprint density at radius 2 is 1.88 bits per heavy atom. The van der Waals surface area contributed by atoms with Crippen molar-refractivity contribution in [3.63, 3.8) is 0 Å². The highest BCUT2D eigenvalue weighted by Gasteiger charge is 2.14. The van der Waals surface area contributed by atoms with Gasteiger partial charge in [0.25, 0.3) is 0 Å². The third kappa shape index (κ3) is 5.15. The van der Waals surface area contributed by atoms with Crippen molar-refractivity contribution in [2.45, 2.75) is 13.0 Å². The van der Waals surface area contributed by atoms with E-state index in [-0.39, 0.29) is 11.9 Å². The van der Waals surface area contributed by atoms with E-state index in [4.69, 9.17) is 32.7 Å². The predicted molar refractivity (Wildman–Crippen MR) is 102 cm³/mol. The standard InChI is InChI=1S/C19H19Cl2NO3/c1-12(16-11-15(24-2)7-8-18(16)25-3)22-19(23)9-5-13-4-6-14(20)10-17(13)21/h4-12H,1-3H3,(H,22,23)/b9-5+. The molecule has 0 aliphatic heterocycles. The molecule has 1 N–H and O–H groups in total. The number of methoxy groups -OCH3 is 2. The lowest BCUT2D eigenvalue weighted by molar-refractivity contribution is -0.117. The summed E-state index contributed by atoms with van der Waals surface area (Å²) in [5, 5.41) is 3.92. The van der Waals surface area contributed by atoms with Crippen molar-refractivity contribution < 1.29 is 14.3 Å². The second-order valence-electron chi connectivity index (χ2n) is 5.34. The maximum Gasteiger partial charge on any atom is 0.244 e. The van der Waals surface area contributed by atoms with E-state index in [1.165, 1.54) is 6.08 Å². The fraction of sp³-hybridized carbons (Fsp3) is 0.211. The van der Waals surface area contributed by atoms with Gasteiger partial charge in [-0.1, -0.05) is 29.3 Å². The molecule has 0 fully saturated rings. The molecule has 0 aromatic heterocycles. The van der Waals surface area contributed by atoms with Gasteiger partial charge < -0.3 is 14.8 Å². The van der Waals surface area contributed by atoms with Gasteiger partial charge in [-0.2, -0.15) is 0 Å². The molecule has 0 bridgehead atoms. The highest BCUT2D eigenvalue weighted by atomic mass is 35.5. The Bertz CT molecular complexity index is 790. The average molecular weight is 380 g/mol. The van der Waals surface area contributed by atoms with Gasteiger partial charge in [-0.15, -0.1) is 0 Å². The molecule has 0 spiro atoms. The van der Waals surface area contributed by atoms with Crippen LogP contribution in [0.25, 0.3) is 6.08 Å². The molecule has 0 saturated heterocycles.